The lowest BCUT2D eigenvalue weighted by Gasteiger charge is -2.32. The summed E-state index contributed by atoms with van der Waals surface area (Å²) >= 11 is 0. The zero-order valence-electron chi connectivity index (χ0n) is 16.3. The number of pyridine rings is 1. The molecule has 144 valence electrons. The minimum absolute atomic E-state index is 0.0425. The van der Waals surface area contributed by atoms with Crippen molar-refractivity contribution in [2.45, 2.75) is 46.2 Å². The lowest BCUT2D eigenvalue weighted by atomic mass is 9.99. The first-order chi connectivity index (χ1) is 13.0. The van der Waals surface area contributed by atoms with Gasteiger partial charge in [-0.3, -0.25) is 9.59 Å². The Morgan fingerprint density at radius 3 is 2.67 bits per heavy atom. The zero-order valence-corrected chi connectivity index (χ0v) is 16.3. The first kappa shape index (κ1) is 19.2. The van der Waals surface area contributed by atoms with Crippen LogP contribution in [-0.4, -0.2) is 23.6 Å². The number of anilines is 1. The smallest absolute Gasteiger partial charge is 0.250 e. The summed E-state index contributed by atoms with van der Waals surface area (Å²) in [4.78, 5) is 26.4. The molecule has 5 nitrogen and oxygen atoms in total. The van der Waals surface area contributed by atoms with Crippen molar-refractivity contribution in [1.29, 1.82) is 0 Å². The summed E-state index contributed by atoms with van der Waals surface area (Å²) in [5, 5.41) is 2.95. The van der Waals surface area contributed by atoms with Crippen LogP contribution in [0.3, 0.4) is 0 Å². The van der Waals surface area contributed by atoms with Crippen molar-refractivity contribution in [3.63, 3.8) is 0 Å². The topological polar surface area (TPSA) is 54.3 Å². The highest BCUT2D eigenvalue weighted by Gasteiger charge is 2.16. The molecular formula is C22H29N3O2. The minimum atomic E-state index is -0.0644. The van der Waals surface area contributed by atoms with Crippen LogP contribution in [0.1, 0.15) is 37.4 Å². The average molecular weight is 367 g/mol. The third-order valence-electron chi connectivity index (χ3n) is 5.28. The number of rotatable bonds is 6. The summed E-state index contributed by atoms with van der Waals surface area (Å²) in [5.41, 5.74) is 3.16. The minimum Gasteiger partial charge on any atom is -0.371 e. The Bertz CT molecular complexity index is 826. The molecule has 0 unspecified atom stereocenters. The first-order valence-corrected chi connectivity index (χ1v) is 9.80. The number of benzene rings is 1. The Hall–Kier alpha value is -2.56. The summed E-state index contributed by atoms with van der Waals surface area (Å²) in [6.45, 7) is 7.35. The number of carbonyl (C=O) groups excluding carboxylic acids is 1. The van der Waals surface area contributed by atoms with Crippen molar-refractivity contribution in [3.05, 3.63) is 64.1 Å². The molecular weight excluding hydrogens is 338 g/mol. The molecule has 1 aliphatic rings. The molecule has 0 saturated carbocycles. The third kappa shape index (κ3) is 5.22. The van der Waals surface area contributed by atoms with E-state index in [2.05, 4.69) is 41.4 Å². The molecule has 3 rings (SSSR count). The van der Waals surface area contributed by atoms with Crippen LogP contribution in [-0.2, 0) is 17.9 Å². The van der Waals surface area contributed by atoms with Crippen LogP contribution in [0, 0.1) is 12.8 Å². The van der Waals surface area contributed by atoms with E-state index >= 15 is 0 Å². The maximum absolute atomic E-state index is 12.1. The summed E-state index contributed by atoms with van der Waals surface area (Å²) in [6.07, 6.45) is 2.87. The summed E-state index contributed by atoms with van der Waals surface area (Å²) in [6, 6.07) is 13.6. The summed E-state index contributed by atoms with van der Waals surface area (Å²) < 4.78 is 1.63. The molecule has 1 amide bonds. The van der Waals surface area contributed by atoms with Gasteiger partial charge in [0.2, 0.25) is 5.91 Å². The number of aromatic nitrogens is 1. The van der Waals surface area contributed by atoms with Crippen LogP contribution in [0.5, 0.6) is 0 Å². The lowest BCUT2D eigenvalue weighted by molar-refractivity contribution is -0.121. The van der Waals surface area contributed by atoms with Gasteiger partial charge < -0.3 is 14.8 Å². The Balaban J connectivity index is 1.48. The number of amides is 1. The quantitative estimate of drug-likeness (QED) is 0.854. The SMILES string of the molecule is Cc1cccc(=O)n1CCC(=O)NCc1ccc(N2CCC[C@H](C)C2)cc1. The van der Waals surface area contributed by atoms with Gasteiger partial charge in [-0.1, -0.05) is 25.1 Å². The molecule has 5 heteroatoms. The van der Waals surface area contributed by atoms with E-state index < -0.39 is 0 Å². The number of carbonyl (C=O) groups is 1. The second-order valence-electron chi connectivity index (χ2n) is 7.54. The second kappa shape index (κ2) is 8.89. The van der Waals surface area contributed by atoms with Gasteiger partial charge in [0.1, 0.15) is 0 Å². The van der Waals surface area contributed by atoms with Crippen molar-refractivity contribution < 1.29 is 4.79 Å². The number of nitrogens with one attached hydrogen (secondary N) is 1. The molecule has 0 bridgehead atoms. The Kier molecular flexibility index (Phi) is 6.32. The van der Waals surface area contributed by atoms with Crippen molar-refractivity contribution in [2.75, 3.05) is 18.0 Å². The van der Waals surface area contributed by atoms with Gasteiger partial charge in [-0.15, -0.1) is 0 Å². The Morgan fingerprint density at radius 1 is 1.19 bits per heavy atom. The van der Waals surface area contributed by atoms with Crippen LogP contribution < -0.4 is 15.8 Å². The molecule has 0 aliphatic carbocycles. The van der Waals surface area contributed by atoms with Crippen LogP contribution >= 0.6 is 0 Å². The van der Waals surface area contributed by atoms with E-state index in [4.69, 9.17) is 0 Å². The Labute approximate surface area is 161 Å². The largest absolute Gasteiger partial charge is 0.371 e. The molecule has 2 aromatic rings. The highest BCUT2D eigenvalue weighted by molar-refractivity contribution is 5.75. The van der Waals surface area contributed by atoms with Gasteiger partial charge in [-0.05, 0) is 49.4 Å². The van der Waals surface area contributed by atoms with E-state index in [9.17, 15) is 9.59 Å². The molecule has 1 atom stereocenters. The molecule has 1 aliphatic heterocycles. The average Bonchev–Trinajstić information content (AvgIpc) is 2.66. The van der Waals surface area contributed by atoms with Gasteiger partial charge in [-0.25, -0.2) is 0 Å². The van der Waals surface area contributed by atoms with Crippen molar-refractivity contribution >= 4 is 11.6 Å². The highest BCUT2D eigenvalue weighted by Crippen LogP contribution is 2.23. The van der Waals surface area contributed by atoms with E-state index in [1.165, 1.54) is 24.6 Å². The molecule has 0 spiro atoms. The van der Waals surface area contributed by atoms with E-state index in [1.807, 2.05) is 13.0 Å². The molecule has 1 N–H and O–H groups in total. The molecule has 1 saturated heterocycles. The van der Waals surface area contributed by atoms with E-state index in [1.54, 1.807) is 10.6 Å². The molecule has 0 radical (unpaired) electrons. The van der Waals surface area contributed by atoms with Crippen molar-refractivity contribution in [2.24, 2.45) is 5.92 Å². The van der Waals surface area contributed by atoms with E-state index in [0.717, 1.165) is 30.3 Å². The number of hydrogen-bond acceptors (Lipinski definition) is 3. The fraction of sp³-hybridized carbons (Fsp3) is 0.455. The summed E-state index contributed by atoms with van der Waals surface area (Å²) in [7, 11) is 0. The lowest BCUT2D eigenvalue weighted by Crippen LogP contribution is -2.34. The monoisotopic (exact) mass is 367 g/mol. The van der Waals surface area contributed by atoms with Gasteiger partial charge in [0, 0.05) is 50.0 Å². The van der Waals surface area contributed by atoms with Crippen molar-refractivity contribution in [3.8, 4) is 0 Å². The number of nitrogens with zero attached hydrogens (tertiary/aromatic N) is 2. The van der Waals surface area contributed by atoms with Crippen molar-refractivity contribution in [1.82, 2.24) is 9.88 Å². The standard InChI is InChI=1S/C22H29N3O2/c1-17-5-4-13-24(16-17)20-10-8-19(9-11-20)15-23-21(26)12-14-25-18(2)6-3-7-22(25)27/h3,6-11,17H,4-5,12-16H2,1-2H3,(H,23,26)/t17-/m0/s1. The van der Waals surface area contributed by atoms with Gasteiger partial charge in [-0.2, -0.15) is 0 Å². The van der Waals surface area contributed by atoms with E-state index in [-0.39, 0.29) is 11.5 Å². The number of piperidine rings is 1. The molecule has 1 aromatic heterocycles. The molecule has 2 heterocycles. The maximum atomic E-state index is 12.1. The fourth-order valence-corrected chi connectivity index (χ4v) is 3.66. The highest BCUT2D eigenvalue weighted by atomic mass is 16.1. The molecule has 27 heavy (non-hydrogen) atoms. The molecule has 1 fully saturated rings. The van der Waals surface area contributed by atoms with Crippen LogP contribution in [0.2, 0.25) is 0 Å². The second-order valence-corrected chi connectivity index (χ2v) is 7.54. The predicted molar refractivity (Wildman–Crippen MR) is 109 cm³/mol. The van der Waals surface area contributed by atoms with Crippen LogP contribution in [0.25, 0.3) is 0 Å². The van der Waals surface area contributed by atoms with Gasteiger partial charge >= 0.3 is 0 Å². The van der Waals surface area contributed by atoms with Crippen LogP contribution in [0.15, 0.2) is 47.3 Å². The molecule has 1 aromatic carbocycles. The van der Waals surface area contributed by atoms with Gasteiger partial charge in [0.25, 0.3) is 5.56 Å². The first-order valence-electron chi connectivity index (χ1n) is 9.80. The predicted octanol–water partition coefficient (Wildman–Crippen LogP) is 3.10. The third-order valence-corrected chi connectivity index (χ3v) is 5.28. The zero-order chi connectivity index (χ0) is 19.2. The van der Waals surface area contributed by atoms with Gasteiger partial charge in [0.15, 0.2) is 0 Å². The fourth-order valence-electron chi connectivity index (χ4n) is 3.66. The Morgan fingerprint density at radius 2 is 1.96 bits per heavy atom. The maximum Gasteiger partial charge on any atom is 0.250 e. The normalized spacial score (nSPS) is 17.0. The number of hydrogen-bond donors (Lipinski definition) is 1. The van der Waals surface area contributed by atoms with Crippen LogP contribution in [0.4, 0.5) is 5.69 Å². The summed E-state index contributed by atoms with van der Waals surface area (Å²) in [5.74, 6) is 0.706. The van der Waals surface area contributed by atoms with E-state index in [0.29, 0.717) is 19.5 Å². The number of aryl methyl sites for hydroxylation is 1. The van der Waals surface area contributed by atoms with Gasteiger partial charge in [0.05, 0.1) is 0 Å².